The minimum atomic E-state index is -0.0896. The highest BCUT2D eigenvalue weighted by Crippen LogP contribution is 2.17. The van der Waals surface area contributed by atoms with Gasteiger partial charge in [0.1, 0.15) is 0 Å². The molecule has 1 fully saturated rings. The van der Waals surface area contributed by atoms with Crippen LogP contribution in [0.25, 0.3) is 0 Å². The summed E-state index contributed by atoms with van der Waals surface area (Å²) in [5.74, 6) is 0. The van der Waals surface area contributed by atoms with Crippen molar-refractivity contribution in [1.29, 1.82) is 0 Å². The van der Waals surface area contributed by atoms with Crippen LogP contribution in [0.3, 0.4) is 0 Å². The van der Waals surface area contributed by atoms with Gasteiger partial charge >= 0.3 is 6.03 Å². The van der Waals surface area contributed by atoms with Gasteiger partial charge in [-0.25, -0.2) is 4.79 Å². The van der Waals surface area contributed by atoms with Crippen LogP contribution >= 0.6 is 0 Å². The lowest BCUT2D eigenvalue weighted by molar-refractivity contribution is 0.0763. The Bertz CT molecular complexity index is 236. The van der Waals surface area contributed by atoms with Crippen LogP contribution in [0.2, 0.25) is 0 Å². The van der Waals surface area contributed by atoms with Gasteiger partial charge in [-0.2, -0.15) is 0 Å². The molecule has 2 atom stereocenters. The minimum absolute atomic E-state index is 0.00411. The van der Waals surface area contributed by atoms with E-state index in [0.29, 0.717) is 13.1 Å². The van der Waals surface area contributed by atoms with Gasteiger partial charge in [-0.15, -0.1) is 0 Å². The number of rotatable bonds is 7. The predicted octanol–water partition coefficient (Wildman–Crippen LogP) is 1.36. The topological polar surface area (TPSA) is 61.8 Å². The first-order chi connectivity index (χ1) is 8.72. The summed E-state index contributed by atoms with van der Waals surface area (Å²) in [5, 5.41) is 12.0. The first-order valence-corrected chi connectivity index (χ1v) is 7.00. The van der Waals surface area contributed by atoms with E-state index < -0.39 is 0 Å². The lowest BCUT2D eigenvalue weighted by Gasteiger charge is -2.28. The predicted molar refractivity (Wildman–Crippen MR) is 70.5 cm³/mol. The number of hydrogen-bond donors (Lipinski definition) is 2. The molecule has 0 aromatic rings. The highest BCUT2D eigenvalue weighted by atomic mass is 16.5. The van der Waals surface area contributed by atoms with Crippen molar-refractivity contribution >= 4 is 6.03 Å². The Labute approximate surface area is 109 Å². The number of aliphatic hydroxyl groups excluding tert-OH is 1. The van der Waals surface area contributed by atoms with Crippen molar-refractivity contribution in [2.24, 2.45) is 0 Å². The molecule has 5 nitrogen and oxygen atoms in total. The van der Waals surface area contributed by atoms with Crippen LogP contribution in [-0.2, 0) is 4.74 Å². The normalized spacial score (nSPS) is 20.7. The Morgan fingerprint density at radius 2 is 2.28 bits per heavy atom. The molecule has 1 saturated heterocycles. The SMILES string of the molecule is CCCN(CCO)C(=O)NC(CC)C1CCCO1. The standard InChI is InChI=1S/C13H26N2O3/c1-3-7-15(8-9-16)13(17)14-11(4-2)12-6-5-10-18-12/h11-12,16H,3-10H2,1-2H3,(H,14,17). The summed E-state index contributed by atoms with van der Waals surface area (Å²) in [5.41, 5.74) is 0. The molecule has 2 amide bonds. The third-order valence-electron chi connectivity index (χ3n) is 3.31. The molecule has 0 saturated carbocycles. The maximum atomic E-state index is 12.1. The van der Waals surface area contributed by atoms with E-state index in [0.717, 1.165) is 32.3 Å². The number of hydrogen-bond acceptors (Lipinski definition) is 3. The number of nitrogens with zero attached hydrogens (tertiary/aromatic N) is 1. The van der Waals surface area contributed by atoms with Crippen LogP contribution in [0.15, 0.2) is 0 Å². The maximum absolute atomic E-state index is 12.1. The molecule has 1 aliphatic rings. The van der Waals surface area contributed by atoms with Crippen LogP contribution in [0.5, 0.6) is 0 Å². The summed E-state index contributed by atoms with van der Waals surface area (Å²) in [7, 11) is 0. The molecule has 0 bridgehead atoms. The first kappa shape index (κ1) is 15.2. The molecule has 0 aliphatic carbocycles. The molecule has 5 heteroatoms. The number of ether oxygens (including phenoxy) is 1. The van der Waals surface area contributed by atoms with Crippen molar-refractivity contribution < 1.29 is 14.6 Å². The number of carbonyl (C=O) groups is 1. The molecular weight excluding hydrogens is 232 g/mol. The largest absolute Gasteiger partial charge is 0.395 e. The van der Waals surface area contributed by atoms with Gasteiger partial charge in [0.25, 0.3) is 0 Å². The van der Waals surface area contributed by atoms with Crippen molar-refractivity contribution in [3.8, 4) is 0 Å². The molecule has 1 heterocycles. The summed E-state index contributed by atoms with van der Waals surface area (Å²) in [4.78, 5) is 13.8. The second-order valence-corrected chi connectivity index (χ2v) is 4.73. The number of aliphatic hydroxyl groups is 1. The van der Waals surface area contributed by atoms with E-state index in [1.165, 1.54) is 0 Å². The number of amides is 2. The van der Waals surface area contributed by atoms with Gasteiger partial charge in [0.05, 0.1) is 18.8 Å². The van der Waals surface area contributed by atoms with E-state index >= 15 is 0 Å². The average molecular weight is 258 g/mol. The highest BCUT2D eigenvalue weighted by molar-refractivity contribution is 5.74. The molecule has 18 heavy (non-hydrogen) atoms. The average Bonchev–Trinajstić information content (AvgIpc) is 2.89. The first-order valence-electron chi connectivity index (χ1n) is 7.00. The number of nitrogens with one attached hydrogen (secondary N) is 1. The Morgan fingerprint density at radius 3 is 2.78 bits per heavy atom. The fourth-order valence-electron chi connectivity index (χ4n) is 2.33. The van der Waals surface area contributed by atoms with Gasteiger partial charge in [-0.1, -0.05) is 13.8 Å². The minimum Gasteiger partial charge on any atom is -0.395 e. The highest BCUT2D eigenvalue weighted by Gasteiger charge is 2.27. The van der Waals surface area contributed by atoms with Gasteiger partial charge in [0, 0.05) is 19.7 Å². The van der Waals surface area contributed by atoms with Gasteiger partial charge in [0.2, 0.25) is 0 Å². The Morgan fingerprint density at radius 1 is 1.50 bits per heavy atom. The molecule has 0 spiro atoms. The van der Waals surface area contributed by atoms with E-state index in [-0.39, 0.29) is 24.8 Å². The third kappa shape index (κ3) is 4.46. The Hall–Kier alpha value is -0.810. The van der Waals surface area contributed by atoms with E-state index in [1.807, 2.05) is 6.92 Å². The molecule has 2 unspecified atom stereocenters. The molecular formula is C13H26N2O3. The van der Waals surface area contributed by atoms with Crippen LogP contribution in [0.4, 0.5) is 4.79 Å². The van der Waals surface area contributed by atoms with Gasteiger partial charge < -0.3 is 20.1 Å². The van der Waals surface area contributed by atoms with Crippen LogP contribution < -0.4 is 5.32 Å². The zero-order chi connectivity index (χ0) is 13.4. The van der Waals surface area contributed by atoms with Gasteiger partial charge in [-0.05, 0) is 25.7 Å². The summed E-state index contributed by atoms with van der Waals surface area (Å²) in [6, 6.07) is -0.00806. The van der Waals surface area contributed by atoms with Crippen LogP contribution in [0.1, 0.15) is 39.5 Å². The zero-order valence-corrected chi connectivity index (χ0v) is 11.5. The quantitative estimate of drug-likeness (QED) is 0.725. The number of carbonyl (C=O) groups excluding carboxylic acids is 1. The molecule has 0 aromatic carbocycles. The van der Waals surface area contributed by atoms with Crippen molar-refractivity contribution in [2.45, 2.75) is 51.7 Å². The van der Waals surface area contributed by atoms with E-state index in [1.54, 1.807) is 4.90 Å². The monoisotopic (exact) mass is 258 g/mol. The second kappa shape index (κ2) is 8.32. The van der Waals surface area contributed by atoms with Crippen molar-refractivity contribution in [1.82, 2.24) is 10.2 Å². The molecule has 1 aliphatic heterocycles. The number of urea groups is 1. The van der Waals surface area contributed by atoms with Gasteiger partial charge in [0.15, 0.2) is 0 Å². The van der Waals surface area contributed by atoms with E-state index in [2.05, 4.69) is 12.2 Å². The Balaban J connectivity index is 2.47. The molecule has 2 N–H and O–H groups in total. The molecule has 0 aromatic heterocycles. The molecule has 0 radical (unpaired) electrons. The van der Waals surface area contributed by atoms with Crippen molar-refractivity contribution in [3.05, 3.63) is 0 Å². The smallest absolute Gasteiger partial charge is 0.317 e. The van der Waals surface area contributed by atoms with E-state index in [9.17, 15) is 4.79 Å². The third-order valence-corrected chi connectivity index (χ3v) is 3.31. The van der Waals surface area contributed by atoms with Crippen molar-refractivity contribution in [2.75, 3.05) is 26.3 Å². The summed E-state index contributed by atoms with van der Waals surface area (Å²) < 4.78 is 5.62. The van der Waals surface area contributed by atoms with Crippen LogP contribution in [-0.4, -0.2) is 54.5 Å². The van der Waals surface area contributed by atoms with E-state index in [4.69, 9.17) is 9.84 Å². The fraction of sp³-hybridized carbons (Fsp3) is 0.923. The van der Waals surface area contributed by atoms with Gasteiger partial charge in [-0.3, -0.25) is 0 Å². The Kier molecular flexibility index (Phi) is 7.05. The summed E-state index contributed by atoms with van der Waals surface area (Å²) >= 11 is 0. The fourth-order valence-corrected chi connectivity index (χ4v) is 2.33. The molecule has 1 rings (SSSR count). The summed E-state index contributed by atoms with van der Waals surface area (Å²) in [6.07, 6.45) is 4.01. The van der Waals surface area contributed by atoms with Crippen molar-refractivity contribution in [3.63, 3.8) is 0 Å². The maximum Gasteiger partial charge on any atom is 0.317 e. The zero-order valence-electron chi connectivity index (χ0n) is 11.5. The molecule has 106 valence electrons. The second-order valence-electron chi connectivity index (χ2n) is 4.73. The lowest BCUT2D eigenvalue weighted by Crippen LogP contribution is -2.49. The summed E-state index contributed by atoms with van der Waals surface area (Å²) in [6.45, 7) is 5.95. The lowest BCUT2D eigenvalue weighted by atomic mass is 10.1. The van der Waals surface area contributed by atoms with Crippen LogP contribution in [0, 0.1) is 0 Å².